The van der Waals surface area contributed by atoms with Gasteiger partial charge in [-0.25, -0.2) is 9.78 Å². The molecule has 0 aliphatic rings. The first-order valence-corrected chi connectivity index (χ1v) is 6.55. The Hall–Kier alpha value is -2.14. The Labute approximate surface area is 118 Å². The molecule has 1 atom stereocenters. The standard InChI is InChI=1S/C15H19N3O2/c1-18(2)10-7-13(14-16-8-9-17-14)11-3-5-12(6-4-11)15(19)20/h3-6,8-9,13H,7,10H2,1-2H3,(H,16,17)(H,19,20). The van der Waals surface area contributed by atoms with Crippen molar-refractivity contribution in [3.8, 4) is 0 Å². The molecule has 5 heteroatoms. The van der Waals surface area contributed by atoms with Gasteiger partial charge >= 0.3 is 5.97 Å². The van der Waals surface area contributed by atoms with Crippen LogP contribution in [-0.4, -0.2) is 46.6 Å². The maximum Gasteiger partial charge on any atom is 0.335 e. The lowest BCUT2D eigenvalue weighted by molar-refractivity contribution is 0.0697. The Morgan fingerprint density at radius 1 is 1.35 bits per heavy atom. The maximum atomic E-state index is 10.9. The molecule has 2 rings (SSSR count). The summed E-state index contributed by atoms with van der Waals surface area (Å²) in [6.07, 6.45) is 4.47. The van der Waals surface area contributed by atoms with Crippen LogP contribution >= 0.6 is 0 Å². The first-order valence-electron chi connectivity index (χ1n) is 6.55. The lowest BCUT2D eigenvalue weighted by Gasteiger charge is -2.18. The molecule has 1 aromatic heterocycles. The number of nitrogens with one attached hydrogen (secondary N) is 1. The molecule has 2 aromatic rings. The molecule has 20 heavy (non-hydrogen) atoms. The predicted molar refractivity (Wildman–Crippen MR) is 77.0 cm³/mol. The van der Waals surface area contributed by atoms with Gasteiger partial charge in [0.1, 0.15) is 5.82 Å². The summed E-state index contributed by atoms with van der Waals surface area (Å²) in [7, 11) is 4.07. The number of aromatic nitrogens is 2. The van der Waals surface area contributed by atoms with E-state index in [2.05, 4.69) is 14.9 Å². The molecule has 0 saturated heterocycles. The molecule has 2 N–H and O–H groups in total. The third-order valence-electron chi connectivity index (χ3n) is 3.27. The van der Waals surface area contributed by atoms with Crippen molar-refractivity contribution in [1.82, 2.24) is 14.9 Å². The summed E-state index contributed by atoms with van der Waals surface area (Å²) in [4.78, 5) is 20.5. The van der Waals surface area contributed by atoms with Crippen molar-refractivity contribution in [2.45, 2.75) is 12.3 Å². The number of aromatic amines is 1. The normalized spacial score (nSPS) is 12.6. The summed E-state index contributed by atoms with van der Waals surface area (Å²) >= 11 is 0. The number of nitrogens with zero attached hydrogens (tertiary/aromatic N) is 2. The van der Waals surface area contributed by atoms with Crippen LogP contribution in [0.15, 0.2) is 36.7 Å². The number of imidazole rings is 1. The summed E-state index contributed by atoms with van der Waals surface area (Å²) in [6.45, 7) is 0.937. The van der Waals surface area contributed by atoms with Crippen molar-refractivity contribution < 1.29 is 9.90 Å². The monoisotopic (exact) mass is 273 g/mol. The number of H-pyrrole nitrogens is 1. The maximum absolute atomic E-state index is 10.9. The molecule has 1 heterocycles. The van der Waals surface area contributed by atoms with Gasteiger partial charge in [0.2, 0.25) is 0 Å². The van der Waals surface area contributed by atoms with Gasteiger partial charge in [0.15, 0.2) is 0 Å². The van der Waals surface area contributed by atoms with E-state index in [1.54, 1.807) is 18.3 Å². The lowest BCUT2D eigenvalue weighted by Crippen LogP contribution is -2.17. The number of benzene rings is 1. The molecule has 1 aromatic carbocycles. The van der Waals surface area contributed by atoms with Crippen LogP contribution in [0.25, 0.3) is 0 Å². The molecule has 0 aliphatic carbocycles. The van der Waals surface area contributed by atoms with Gasteiger partial charge in [0.05, 0.1) is 5.56 Å². The van der Waals surface area contributed by atoms with Gasteiger partial charge in [-0.3, -0.25) is 0 Å². The van der Waals surface area contributed by atoms with Crippen molar-refractivity contribution >= 4 is 5.97 Å². The van der Waals surface area contributed by atoms with Gasteiger partial charge < -0.3 is 15.0 Å². The zero-order valence-corrected chi connectivity index (χ0v) is 11.7. The van der Waals surface area contributed by atoms with Crippen molar-refractivity contribution in [3.63, 3.8) is 0 Å². The summed E-state index contributed by atoms with van der Waals surface area (Å²) in [5, 5.41) is 8.95. The zero-order valence-electron chi connectivity index (χ0n) is 11.7. The molecule has 0 bridgehead atoms. The molecular weight excluding hydrogens is 254 g/mol. The van der Waals surface area contributed by atoms with Gasteiger partial charge in [-0.05, 0) is 44.8 Å². The van der Waals surface area contributed by atoms with Crippen molar-refractivity contribution in [1.29, 1.82) is 0 Å². The Morgan fingerprint density at radius 3 is 2.55 bits per heavy atom. The van der Waals surface area contributed by atoms with Crippen LogP contribution in [0, 0.1) is 0 Å². The SMILES string of the molecule is CN(C)CCC(c1ccc(C(=O)O)cc1)c1ncc[nH]1. The summed E-state index contributed by atoms with van der Waals surface area (Å²) in [5.74, 6) is 0.157. The van der Waals surface area contributed by atoms with Gasteiger partial charge in [0.25, 0.3) is 0 Å². The second kappa shape index (κ2) is 6.34. The second-order valence-corrected chi connectivity index (χ2v) is 5.05. The van der Waals surface area contributed by atoms with E-state index in [9.17, 15) is 4.79 Å². The van der Waals surface area contributed by atoms with Crippen LogP contribution < -0.4 is 0 Å². The molecule has 0 radical (unpaired) electrons. The van der Waals surface area contributed by atoms with Crippen LogP contribution in [0.4, 0.5) is 0 Å². The van der Waals surface area contributed by atoms with E-state index < -0.39 is 5.97 Å². The van der Waals surface area contributed by atoms with Crippen LogP contribution in [0.1, 0.15) is 34.1 Å². The van der Waals surface area contributed by atoms with Gasteiger partial charge in [-0.2, -0.15) is 0 Å². The lowest BCUT2D eigenvalue weighted by atomic mass is 9.94. The fourth-order valence-electron chi connectivity index (χ4n) is 2.17. The summed E-state index contributed by atoms with van der Waals surface area (Å²) < 4.78 is 0. The minimum atomic E-state index is -0.903. The summed E-state index contributed by atoms with van der Waals surface area (Å²) in [6, 6.07) is 7.02. The number of carboxylic acid groups (broad SMARTS) is 1. The molecular formula is C15H19N3O2. The van der Waals surface area contributed by atoms with Crippen molar-refractivity contribution in [2.24, 2.45) is 0 Å². The van der Waals surface area contributed by atoms with E-state index in [1.165, 1.54) is 0 Å². The van der Waals surface area contributed by atoms with Crippen molar-refractivity contribution in [2.75, 3.05) is 20.6 Å². The van der Waals surface area contributed by atoms with Crippen LogP contribution in [0.5, 0.6) is 0 Å². The highest BCUT2D eigenvalue weighted by atomic mass is 16.4. The highest BCUT2D eigenvalue weighted by molar-refractivity contribution is 5.87. The van der Waals surface area contributed by atoms with E-state index in [-0.39, 0.29) is 5.92 Å². The fourth-order valence-corrected chi connectivity index (χ4v) is 2.17. The number of aromatic carboxylic acids is 1. The summed E-state index contributed by atoms with van der Waals surface area (Å²) in [5.41, 5.74) is 1.38. The molecule has 106 valence electrons. The Balaban J connectivity index is 2.24. The highest BCUT2D eigenvalue weighted by Gasteiger charge is 2.17. The largest absolute Gasteiger partial charge is 0.478 e. The molecule has 0 amide bonds. The van der Waals surface area contributed by atoms with Gasteiger partial charge in [-0.1, -0.05) is 12.1 Å². The van der Waals surface area contributed by atoms with E-state index in [4.69, 9.17) is 5.11 Å². The third-order valence-corrected chi connectivity index (χ3v) is 3.27. The average molecular weight is 273 g/mol. The molecule has 1 unspecified atom stereocenters. The van der Waals surface area contributed by atoms with E-state index in [1.807, 2.05) is 32.4 Å². The fraction of sp³-hybridized carbons (Fsp3) is 0.333. The molecule has 0 fully saturated rings. The number of hydrogen-bond donors (Lipinski definition) is 2. The quantitative estimate of drug-likeness (QED) is 0.846. The highest BCUT2D eigenvalue weighted by Crippen LogP contribution is 2.25. The number of hydrogen-bond acceptors (Lipinski definition) is 3. The van der Waals surface area contributed by atoms with E-state index in [0.29, 0.717) is 5.56 Å². The minimum absolute atomic E-state index is 0.148. The average Bonchev–Trinajstić information content (AvgIpc) is 2.93. The zero-order chi connectivity index (χ0) is 14.5. The second-order valence-electron chi connectivity index (χ2n) is 5.05. The first kappa shape index (κ1) is 14.3. The minimum Gasteiger partial charge on any atom is -0.478 e. The number of carboxylic acids is 1. The van der Waals surface area contributed by atoms with Crippen LogP contribution in [-0.2, 0) is 0 Å². The van der Waals surface area contributed by atoms with Crippen LogP contribution in [0.2, 0.25) is 0 Å². The van der Waals surface area contributed by atoms with E-state index in [0.717, 1.165) is 24.4 Å². The van der Waals surface area contributed by atoms with Gasteiger partial charge in [0, 0.05) is 18.3 Å². The molecule has 0 saturated carbocycles. The molecule has 5 nitrogen and oxygen atoms in total. The molecule has 0 spiro atoms. The topological polar surface area (TPSA) is 69.2 Å². The Morgan fingerprint density at radius 2 is 2.05 bits per heavy atom. The molecule has 0 aliphatic heterocycles. The first-order chi connectivity index (χ1) is 9.58. The van der Waals surface area contributed by atoms with E-state index >= 15 is 0 Å². The smallest absolute Gasteiger partial charge is 0.335 e. The van der Waals surface area contributed by atoms with Gasteiger partial charge in [-0.15, -0.1) is 0 Å². The Bertz CT molecular complexity index is 547. The third kappa shape index (κ3) is 3.45. The Kier molecular flexibility index (Phi) is 4.53. The number of carbonyl (C=O) groups is 1. The van der Waals surface area contributed by atoms with Crippen LogP contribution in [0.3, 0.4) is 0 Å². The predicted octanol–water partition coefficient (Wildman–Crippen LogP) is 2.19. The van der Waals surface area contributed by atoms with Crippen molar-refractivity contribution in [3.05, 3.63) is 53.6 Å². The number of rotatable bonds is 6.